The highest BCUT2D eigenvalue weighted by molar-refractivity contribution is 7.89. The number of hydrogen-bond acceptors (Lipinski definition) is 5. The monoisotopic (exact) mass is 502 g/mol. The van der Waals surface area contributed by atoms with Crippen LogP contribution in [0.5, 0.6) is 0 Å². The predicted molar refractivity (Wildman–Crippen MR) is 110 cm³/mol. The fraction of sp³-hybridized carbons (Fsp3) is 0.238. The van der Waals surface area contributed by atoms with E-state index in [1.54, 1.807) is 4.90 Å². The molecule has 0 radical (unpaired) electrons. The van der Waals surface area contributed by atoms with Gasteiger partial charge < -0.3 is 4.90 Å². The molecule has 0 atom stereocenters. The Bertz CT molecular complexity index is 1330. The van der Waals surface area contributed by atoms with Gasteiger partial charge in [-0.25, -0.2) is 31.6 Å². The minimum atomic E-state index is -4.51. The lowest BCUT2D eigenvalue weighted by Gasteiger charge is -2.34. The molecule has 1 aliphatic rings. The minimum absolute atomic E-state index is 0.0799. The molecule has 3 aromatic rings. The van der Waals surface area contributed by atoms with Crippen molar-refractivity contribution in [3.8, 4) is 11.3 Å². The molecule has 1 fully saturated rings. The topological polar surface area (TPSA) is 66.4 Å². The van der Waals surface area contributed by atoms with Gasteiger partial charge in [-0.05, 0) is 24.3 Å². The summed E-state index contributed by atoms with van der Waals surface area (Å²) in [7, 11) is -4.43. The average molecular weight is 502 g/mol. The first-order valence-corrected chi connectivity index (χ1v) is 11.3. The number of benzene rings is 2. The average Bonchev–Trinajstić information content (AvgIpc) is 2.81. The van der Waals surface area contributed by atoms with Gasteiger partial charge in [-0.15, -0.1) is 0 Å². The van der Waals surface area contributed by atoms with Crippen LogP contribution in [0.25, 0.3) is 11.3 Å². The Labute approximate surface area is 190 Å². The Kier molecular flexibility index (Phi) is 6.25. The third-order valence-corrected chi connectivity index (χ3v) is 7.16. The van der Waals surface area contributed by atoms with Gasteiger partial charge in [0.2, 0.25) is 16.0 Å². The Balaban J connectivity index is 1.52. The molecule has 2 heterocycles. The highest BCUT2D eigenvalue weighted by Crippen LogP contribution is 2.32. The minimum Gasteiger partial charge on any atom is -0.338 e. The Morgan fingerprint density at radius 3 is 2.21 bits per heavy atom. The van der Waals surface area contributed by atoms with Crippen molar-refractivity contribution in [2.24, 2.45) is 0 Å². The quantitative estimate of drug-likeness (QED) is 0.397. The van der Waals surface area contributed by atoms with Gasteiger partial charge in [0.25, 0.3) is 0 Å². The van der Waals surface area contributed by atoms with Gasteiger partial charge >= 0.3 is 6.18 Å². The van der Waals surface area contributed by atoms with Crippen molar-refractivity contribution in [2.75, 3.05) is 31.1 Å². The number of piperazine rings is 1. The summed E-state index contributed by atoms with van der Waals surface area (Å²) < 4.78 is 106. The largest absolute Gasteiger partial charge is 0.416 e. The Morgan fingerprint density at radius 2 is 1.53 bits per heavy atom. The maximum Gasteiger partial charge on any atom is 0.416 e. The second kappa shape index (κ2) is 8.87. The van der Waals surface area contributed by atoms with E-state index in [4.69, 9.17) is 0 Å². The molecule has 180 valence electrons. The van der Waals surface area contributed by atoms with E-state index in [0.717, 1.165) is 16.4 Å². The summed E-state index contributed by atoms with van der Waals surface area (Å²) in [5.74, 6) is -4.22. The fourth-order valence-corrected chi connectivity index (χ4v) is 4.97. The lowest BCUT2D eigenvalue weighted by molar-refractivity contribution is -0.137. The normalized spacial score (nSPS) is 15.5. The van der Waals surface area contributed by atoms with Crippen LogP contribution in [-0.4, -0.2) is 48.9 Å². The number of hydrogen-bond donors (Lipinski definition) is 0. The summed E-state index contributed by atoms with van der Waals surface area (Å²) in [5, 5.41) is 0. The van der Waals surface area contributed by atoms with Crippen LogP contribution in [0.4, 0.5) is 32.3 Å². The molecule has 1 aliphatic heterocycles. The summed E-state index contributed by atoms with van der Waals surface area (Å²) in [4.78, 5) is 9.06. The molecule has 6 nitrogen and oxygen atoms in total. The molecule has 0 unspecified atom stereocenters. The zero-order chi connectivity index (χ0) is 24.7. The molecular weight excluding hydrogens is 486 g/mol. The molecule has 1 aromatic heterocycles. The van der Waals surface area contributed by atoms with E-state index in [2.05, 4.69) is 9.97 Å². The van der Waals surface area contributed by atoms with Crippen LogP contribution < -0.4 is 4.90 Å². The van der Waals surface area contributed by atoms with E-state index in [1.165, 1.54) is 24.4 Å². The van der Waals surface area contributed by atoms with Gasteiger partial charge in [0, 0.05) is 44.0 Å². The molecule has 13 heteroatoms. The third-order valence-electron chi connectivity index (χ3n) is 5.24. The first kappa shape index (κ1) is 24.0. The van der Waals surface area contributed by atoms with Crippen molar-refractivity contribution >= 4 is 16.0 Å². The second-order valence-electron chi connectivity index (χ2n) is 7.41. The van der Waals surface area contributed by atoms with Crippen LogP contribution in [0, 0.1) is 17.5 Å². The van der Waals surface area contributed by atoms with Crippen molar-refractivity contribution < 1.29 is 34.8 Å². The van der Waals surface area contributed by atoms with Gasteiger partial charge in [-0.3, -0.25) is 0 Å². The Hall–Kier alpha value is -3.19. The van der Waals surface area contributed by atoms with Gasteiger partial charge in [-0.1, -0.05) is 12.1 Å². The molecule has 0 amide bonds. The smallest absolute Gasteiger partial charge is 0.338 e. The molecule has 0 bridgehead atoms. The first-order valence-electron chi connectivity index (χ1n) is 9.87. The van der Waals surface area contributed by atoms with Crippen molar-refractivity contribution in [3.63, 3.8) is 0 Å². The number of nitrogens with zero attached hydrogens (tertiary/aromatic N) is 4. The zero-order valence-corrected chi connectivity index (χ0v) is 18.0. The summed E-state index contributed by atoms with van der Waals surface area (Å²) in [6.45, 7) is -0.0943. The maximum absolute atomic E-state index is 14.0. The maximum atomic E-state index is 14.0. The van der Waals surface area contributed by atoms with Gasteiger partial charge in [-0.2, -0.15) is 17.5 Å². The number of halogens is 6. The Morgan fingerprint density at radius 1 is 0.853 bits per heavy atom. The number of sulfonamides is 1. The lowest BCUT2D eigenvalue weighted by atomic mass is 10.1. The molecule has 1 saturated heterocycles. The molecule has 0 saturated carbocycles. The van der Waals surface area contributed by atoms with Crippen molar-refractivity contribution in [3.05, 3.63) is 71.7 Å². The fourth-order valence-electron chi connectivity index (χ4n) is 3.49. The molecule has 0 aliphatic carbocycles. The standard InChI is InChI=1S/C21H16F6N4O2S/c22-15-11-17(24)19(12-16(15)23)34(32,33)31-8-6-30(7-9-31)20-28-5-4-18(29-20)13-2-1-3-14(10-13)21(25,26)27/h1-5,10-12H,6-9H2. The van der Waals surface area contributed by atoms with E-state index in [-0.39, 0.29) is 49.5 Å². The van der Waals surface area contributed by atoms with Crippen LogP contribution in [0.1, 0.15) is 5.56 Å². The van der Waals surface area contributed by atoms with Gasteiger partial charge in [0.1, 0.15) is 10.7 Å². The SMILES string of the molecule is O=S(=O)(c1cc(F)c(F)cc1F)N1CCN(c2nccc(-c3cccc(C(F)(F)F)c3)n2)CC1. The predicted octanol–water partition coefficient (Wildman–Crippen LogP) is 4.09. The van der Waals surface area contributed by atoms with Crippen LogP contribution in [0.3, 0.4) is 0 Å². The number of anilines is 1. The van der Waals surface area contributed by atoms with E-state index >= 15 is 0 Å². The van der Waals surface area contributed by atoms with E-state index in [1.807, 2.05) is 0 Å². The summed E-state index contributed by atoms with van der Waals surface area (Å²) in [6, 6.07) is 6.57. The van der Waals surface area contributed by atoms with Gasteiger partial charge in [0.05, 0.1) is 11.3 Å². The summed E-state index contributed by atoms with van der Waals surface area (Å²) >= 11 is 0. The number of rotatable bonds is 4. The molecule has 2 aromatic carbocycles. The van der Waals surface area contributed by atoms with E-state index < -0.39 is 44.1 Å². The molecular formula is C21H16F6N4O2S. The number of aromatic nitrogens is 2. The van der Waals surface area contributed by atoms with Crippen molar-refractivity contribution in [1.82, 2.24) is 14.3 Å². The van der Waals surface area contributed by atoms with Crippen molar-refractivity contribution in [1.29, 1.82) is 0 Å². The van der Waals surface area contributed by atoms with Crippen LogP contribution in [-0.2, 0) is 16.2 Å². The van der Waals surface area contributed by atoms with Crippen LogP contribution in [0.2, 0.25) is 0 Å². The van der Waals surface area contributed by atoms with Crippen molar-refractivity contribution in [2.45, 2.75) is 11.1 Å². The van der Waals surface area contributed by atoms with Crippen LogP contribution in [0.15, 0.2) is 53.6 Å². The third kappa shape index (κ3) is 4.71. The summed E-state index contributed by atoms with van der Waals surface area (Å²) in [6.07, 6.45) is -3.14. The summed E-state index contributed by atoms with van der Waals surface area (Å²) in [5.41, 5.74) is -0.350. The highest BCUT2D eigenvalue weighted by Gasteiger charge is 2.33. The second-order valence-corrected chi connectivity index (χ2v) is 9.31. The zero-order valence-electron chi connectivity index (χ0n) is 17.2. The van der Waals surface area contributed by atoms with E-state index in [9.17, 15) is 34.8 Å². The highest BCUT2D eigenvalue weighted by atomic mass is 32.2. The lowest BCUT2D eigenvalue weighted by Crippen LogP contribution is -2.49. The van der Waals surface area contributed by atoms with E-state index in [0.29, 0.717) is 6.07 Å². The molecule has 0 N–H and O–H groups in total. The van der Waals surface area contributed by atoms with Crippen LogP contribution >= 0.6 is 0 Å². The molecule has 4 rings (SSSR count). The molecule has 0 spiro atoms. The first-order chi connectivity index (χ1) is 16.0. The van der Waals surface area contributed by atoms with Gasteiger partial charge in [0.15, 0.2) is 11.6 Å². The number of alkyl halides is 3. The molecule has 34 heavy (non-hydrogen) atoms.